The summed E-state index contributed by atoms with van der Waals surface area (Å²) in [6.45, 7) is 5.93. The fraction of sp³-hybridized carbons (Fsp3) is 0.600. The van der Waals surface area contributed by atoms with Gasteiger partial charge in [-0.2, -0.15) is 0 Å². The monoisotopic (exact) mass is 252 g/mol. The number of nitrogens with zero attached hydrogens (tertiary/aromatic N) is 1. The minimum Gasteiger partial charge on any atom is -0.329 e. The highest BCUT2D eigenvalue weighted by atomic mass is 19.1. The molecule has 0 amide bonds. The molecule has 2 nitrogen and oxygen atoms in total. The molecule has 0 radical (unpaired) electrons. The topological polar surface area (TPSA) is 29.3 Å². The Hall–Kier alpha value is -0.930. The van der Waals surface area contributed by atoms with Crippen LogP contribution in [0.25, 0.3) is 0 Å². The highest BCUT2D eigenvalue weighted by Crippen LogP contribution is 2.17. The standard InChI is InChI=1S/C15H25FN2/c1-4-5-12(2)15(10-17)18(3)11-13-6-8-14(16)9-7-13/h6-9,12,15H,4-5,10-11,17H2,1-3H3. The third-order valence-corrected chi connectivity index (χ3v) is 3.55. The number of halogens is 1. The summed E-state index contributed by atoms with van der Waals surface area (Å²) in [5.74, 6) is 0.404. The molecule has 102 valence electrons. The van der Waals surface area contributed by atoms with Crippen LogP contribution in [0.2, 0.25) is 0 Å². The maximum atomic E-state index is 12.8. The Bertz CT molecular complexity index is 337. The molecule has 0 aliphatic carbocycles. The lowest BCUT2D eigenvalue weighted by Gasteiger charge is -2.32. The van der Waals surface area contributed by atoms with Crippen LogP contribution in [0.4, 0.5) is 4.39 Å². The van der Waals surface area contributed by atoms with Gasteiger partial charge < -0.3 is 5.73 Å². The van der Waals surface area contributed by atoms with E-state index in [1.807, 2.05) is 12.1 Å². The summed E-state index contributed by atoms with van der Waals surface area (Å²) in [4.78, 5) is 2.27. The van der Waals surface area contributed by atoms with Gasteiger partial charge in [0.05, 0.1) is 0 Å². The van der Waals surface area contributed by atoms with Crippen LogP contribution in [0.1, 0.15) is 32.3 Å². The van der Waals surface area contributed by atoms with Gasteiger partial charge in [-0.05, 0) is 37.1 Å². The molecule has 0 heterocycles. The highest BCUT2D eigenvalue weighted by molar-refractivity contribution is 5.15. The molecule has 0 saturated heterocycles. The Morgan fingerprint density at radius 1 is 1.28 bits per heavy atom. The van der Waals surface area contributed by atoms with Gasteiger partial charge in [0.1, 0.15) is 5.82 Å². The van der Waals surface area contributed by atoms with Crippen molar-refractivity contribution in [2.24, 2.45) is 11.7 Å². The predicted molar refractivity (Wildman–Crippen MR) is 74.8 cm³/mol. The first kappa shape index (κ1) is 15.1. The second kappa shape index (κ2) is 7.49. The van der Waals surface area contributed by atoms with Crippen LogP contribution in [0, 0.1) is 11.7 Å². The molecule has 18 heavy (non-hydrogen) atoms. The molecule has 1 aromatic carbocycles. The minimum absolute atomic E-state index is 0.184. The number of rotatable bonds is 7. The van der Waals surface area contributed by atoms with E-state index in [-0.39, 0.29) is 5.82 Å². The van der Waals surface area contributed by atoms with Crippen LogP contribution in [0.15, 0.2) is 24.3 Å². The summed E-state index contributed by atoms with van der Waals surface area (Å²) in [6, 6.07) is 7.08. The minimum atomic E-state index is -0.184. The van der Waals surface area contributed by atoms with Crippen LogP contribution >= 0.6 is 0 Å². The van der Waals surface area contributed by atoms with E-state index in [4.69, 9.17) is 5.73 Å². The molecule has 2 N–H and O–H groups in total. The number of benzene rings is 1. The van der Waals surface area contributed by atoms with Gasteiger partial charge in [-0.1, -0.05) is 32.4 Å². The van der Waals surface area contributed by atoms with E-state index in [9.17, 15) is 4.39 Å². The van der Waals surface area contributed by atoms with E-state index < -0.39 is 0 Å². The molecule has 1 rings (SSSR count). The summed E-state index contributed by atoms with van der Waals surface area (Å²) in [5.41, 5.74) is 7.01. The summed E-state index contributed by atoms with van der Waals surface area (Å²) in [5, 5.41) is 0. The van der Waals surface area contributed by atoms with Crippen molar-refractivity contribution in [1.82, 2.24) is 4.90 Å². The van der Waals surface area contributed by atoms with Gasteiger partial charge >= 0.3 is 0 Å². The molecule has 1 aromatic rings. The van der Waals surface area contributed by atoms with Crippen molar-refractivity contribution >= 4 is 0 Å². The van der Waals surface area contributed by atoms with E-state index in [0.29, 0.717) is 18.5 Å². The smallest absolute Gasteiger partial charge is 0.123 e. The van der Waals surface area contributed by atoms with Crippen LogP contribution in [-0.2, 0) is 6.54 Å². The van der Waals surface area contributed by atoms with Gasteiger partial charge in [-0.25, -0.2) is 4.39 Å². The van der Waals surface area contributed by atoms with E-state index in [1.165, 1.54) is 25.0 Å². The van der Waals surface area contributed by atoms with E-state index in [2.05, 4.69) is 25.8 Å². The number of nitrogens with two attached hydrogens (primary N) is 1. The lowest BCUT2D eigenvalue weighted by molar-refractivity contribution is 0.174. The van der Waals surface area contributed by atoms with Crippen molar-refractivity contribution < 1.29 is 4.39 Å². The summed E-state index contributed by atoms with van der Waals surface area (Å²) in [6.07, 6.45) is 2.37. The summed E-state index contributed by atoms with van der Waals surface area (Å²) < 4.78 is 12.8. The van der Waals surface area contributed by atoms with Crippen molar-refractivity contribution in [3.05, 3.63) is 35.6 Å². The van der Waals surface area contributed by atoms with Crippen molar-refractivity contribution in [1.29, 1.82) is 0 Å². The number of hydrogen-bond acceptors (Lipinski definition) is 2. The quantitative estimate of drug-likeness (QED) is 0.808. The zero-order valence-electron chi connectivity index (χ0n) is 11.7. The fourth-order valence-electron chi connectivity index (χ4n) is 2.49. The van der Waals surface area contributed by atoms with Crippen LogP contribution in [0.3, 0.4) is 0 Å². The molecule has 0 fully saturated rings. The molecular formula is C15H25FN2. The maximum absolute atomic E-state index is 12.8. The van der Waals surface area contributed by atoms with Crippen LogP contribution in [0.5, 0.6) is 0 Å². The van der Waals surface area contributed by atoms with Crippen molar-refractivity contribution in [3.8, 4) is 0 Å². The van der Waals surface area contributed by atoms with Gasteiger partial charge in [0.2, 0.25) is 0 Å². The second-order valence-electron chi connectivity index (χ2n) is 5.11. The maximum Gasteiger partial charge on any atom is 0.123 e. The molecule has 3 heteroatoms. The van der Waals surface area contributed by atoms with E-state index in [1.54, 1.807) is 0 Å². The van der Waals surface area contributed by atoms with Crippen molar-refractivity contribution in [2.45, 2.75) is 39.3 Å². The molecular weight excluding hydrogens is 227 g/mol. The van der Waals surface area contributed by atoms with Crippen LogP contribution < -0.4 is 5.73 Å². The van der Waals surface area contributed by atoms with E-state index in [0.717, 1.165) is 12.1 Å². The molecule has 0 saturated carbocycles. The Kier molecular flexibility index (Phi) is 6.30. The normalized spacial score (nSPS) is 14.8. The predicted octanol–water partition coefficient (Wildman–Crippen LogP) is 3.02. The van der Waals surface area contributed by atoms with Gasteiger partial charge in [-0.3, -0.25) is 4.90 Å². The number of likely N-dealkylation sites (N-methyl/N-ethyl adjacent to an activating group) is 1. The van der Waals surface area contributed by atoms with E-state index >= 15 is 0 Å². The van der Waals surface area contributed by atoms with Gasteiger partial charge in [0.15, 0.2) is 0 Å². The Labute approximate surface area is 110 Å². The zero-order chi connectivity index (χ0) is 13.5. The molecule has 0 bridgehead atoms. The first-order valence-electron chi connectivity index (χ1n) is 6.73. The second-order valence-corrected chi connectivity index (χ2v) is 5.11. The average molecular weight is 252 g/mol. The lowest BCUT2D eigenvalue weighted by atomic mass is 9.95. The molecule has 0 spiro atoms. The molecule has 0 aliphatic rings. The van der Waals surface area contributed by atoms with Crippen molar-refractivity contribution in [2.75, 3.05) is 13.6 Å². The molecule has 0 aromatic heterocycles. The number of hydrogen-bond donors (Lipinski definition) is 1. The first-order chi connectivity index (χ1) is 8.58. The highest BCUT2D eigenvalue weighted by Gasteiger charge is 2.19. The molecule has 2 atom stereocenters. The van der Waals surface area contributed by atoms with Crippen LogP contribution in [-0.4, -0.2) is 24.5 Å². The van der Waals surface area contributed by atoms with Gasteiger partial charge in [0, 0.05) is 19.1 Å². The Morgan fingerprint density at radius 2 is 1.89 bits per heavy atom. The Balaban J connectivity index is 2.61. The molecule has 2 unspecified atom stereocenters. The first-order valence-corrected chi connectivity index (χ1v) is 6.73. The average Bonchev–Trinajstić information content (AvgIpc) is 2.33. The zero-order valence-corrected chi connectivity index (χ0v) is 11.7. The molecule has 0 aliphatic heterocycles. The van der Waals surface area contributed by atoms with Gasteiger partial charge in [0.25, 0.3) is 0 Å². The summed E-state index contributed by atoms with van der Waals surface area (Å²) >= 11 is 0. The van der Waals surface area contributed by atoms with Crippen molar-refractivity contribution in [3.63, 3.8) is 0 Å². The third kappa shape index (κ3) is 4.39. The SMILES string of the molecule is CCCC(C)C(CN)N(C)Cc1ccc(F)cc1. The summed E-state index contributed by atoms with van der Waals surface area (Å²) in [7, 11) is 2.09. The lowest BCUT2D eigenvalue weighted by Crippen LogP contribution is -2.42. The fourth-order valence-corrected chi connectivity index (χ4v) is 2.49. The third-order valence-electron chi connectivity index (χ3n) is 3.55. The van der Waals surface area contributed by atoms with Gasteiger partial charge in [-0.15, -0.1) is 0 Å². The Morgan fingerprint density at radius 3 is 2.39 bits per heavy atom. The largest absolute Gasteiger partial charge is 0.329 e.